The third-order valence-corrected chi connectivity index (χ3v) is 9.11. The van der Waals surface area contributed by atoms with Gasteiger partial charge in [-0.25, -0.2) is 13.1 Å². The number of thioether (sulfide) groups is 1. The molecule has 0 aliphatic heterocycles. The summed E-state index contributed by atoms with van der Waals surface area (Å²) in [6.07, 6.45) is 5.13. The molecule has 1 aliphatic rings. The first-order valence-electron chi connectivity index (χ1n) is 12.6. The second kappa shape index (κ2) is 12.6. The smallest absolute Gasteiger partial charge is 0.239 e. The molecule has 1 saturated carbocycles. The molecule has 2 aromatic carbocycles. The number of fused-ring (bicyclic) bond motifs is 1. The number of nitrogens with one attached hydrogen (secondary N) is 2. The zero-order valence-electron chi connectivity index (χ0n) is 21.2. The SMILES string of the molecule is CC[C@H](NC(=O)[C@@H](CSc1cccc2ccccc12)NS(C)(=O)=O)[C@H](O)CC1C[C@@H](C)CC[C@H]1C. The number of benzene rings is 2. The fourth-order valence-electron chi connectivity index (χ4n) is 5.12. The molecule has 0 heterocycles. The highest BCUT2D eigenvalue weighted by Gasteiger charge is 2.32. The van der Waals surface area contributed by atoms with Crippen LogP contribution in [0.4, 0.5) is 0 Å². The molecule has 3 rings (SSSR count). The van der Waals surface area contributed by atoms with E-state index in [0.29, 0.717) is 30.6 Å². The topological polar surface area (TPSA) is 95.5 Å². The quantitative estimate of drug-likeness (QED) is 0.377. The summed E-state index contributed by atoms with van der Waals surface area (Å²) in [6, 6.07) is 12.6. The van der Waals surface area contributed by atoms with E-state index in [9.17, 15) is 18.3 Å². The minimum Gasteiger partial charge on any atom is -0.391 e. The maximum atomic E-state index is 13.2. The Balaban J connectivity index is 1.68. The van der Waals surface area contributed by atoms with Crippen LogP contribution in [-0.2, 0) is 14.8 Å². The fraction of sp³-hybridized carbons (Fsp3) is 0.593. The molecule has 0 aromatic heterocycles. The van der Waals surface area contributed by atoms with Crippen LogP contribution in [-0.4, -0.2) is 49.6 Å². The molecule has 0 radical (unpaired) electrons. The average Bonchev–Trinajstić information content (AvgIpc) is 2.81. The summed E-state index contributed by atoms with van der Waals surface area (Å²) in [7, 11) is -3.60. The number of hydrogen-bond acceptors (Lipinski definition) is 5. The molecule has 0 spiro atoms. The number of carbonyl (C=O) groups is 1. The molecular weight excluding hydrogens is 480 g/mol. The van der Waals surface area contributed by atoms with Crippen LogP contribution in [0, 0.1) is 17.8 Å². The van der Waals surface area contributed by atoms with Crippen LogP contribution in [0.5, 0.6) is 0 Å². The van der Waals surface area contributed by atoms with Crippen molar-refractivity contribution in [3.63, 3.8) is 0 Å². The normalized spacial score (nSPS) is 23.5. The van der Waals surface area contributed by atoms with Crippen molar-refractivity contribution < 1.29 is 18.3 Å². The maximum Gasteiger partial charge on any atom is 0.239 e. The Morgan fingerprint density at radius 1 is 1.14 bits per heavy atom. The van der Waals surface area contributed by atoms with Gasteiger partial charge in [-0.2, -0.15) is 0 Å². The summed E-state index contributed by atoms with van der Waals surface area (Å²) < 4.78 is 26.6. The van der Waals surface area contributed by atoms with Gasteiger partial charge in [0.15, 0.2) is 0 Å². The Kier molecular flexibility index (Phi) is 10.0. The highest BCUT2D eigenvalue weighted by atomic mass is 32.2. The fourth-order valence-corrected chi connectivity index (χ4v) is 7.03. The first kappa shape index (κ1) is 28.0. The molecule has 1 fully saturated rings. The van der Waals surface area contributed by atoms with E-state index in [1.807, 2.05) is 49.4 Å². The van der Waals surface area contributed by atoms with E-state index in [4.69, 9.17) is 0 Å². The van der Waals surface area contributed by atoms with Gasteiger partial charge in [-0.15, -0.1) is 11.8 Å². The van der Waals surface area contributed by atoms with E-state index in [2.05, 4.69) is 23.9 Å². The zero-order chi connectivity index (χ0) is 25.6. The number of sulfonamides is 1. The molecular formula is C27H40N2O4S2. The molecule has 1 amide bonds. The van der Waals surface area contributed by atoms with E-state index in [-0.39, 0.29) is 5.75 Å². The number of carbonyl (C=O) groups excluding carboxylic acids is 1. The first-order valence-corrected chi connectivity index (χ1v) is 15.5. The lowest BCUT2D eigenvalue weighted by atomic mass is 9.73. The van der Waals surface area contributed by atoms with Gasteiger partial charge >= 0.3 is 0 Å². The van der Waals surface area contributed by atoms with Crippen molar-refractivity contribution in [2.75, 3.05) is 12.0 Å². The van der Waals surface area contributed by atoms with Crippen LogP contribution >= 0.6 is 11.8 Å². The van der Waals surface area contributed by atoms with Crippen LogP contribution in [0.1, 0.15) is 52.9 Å². The molecule has 6 nitrogen and oxygen atoms in total. The number of amides is 1. The molecule has 194 valence electrons. The monoisotopic (exact) mass is 520 g/mol. The van der Waals surface area contributed by atoms with Gasteiger partial charge in [0, 0.05) is 10.6 Å². The third kappa shape index (κ3) is 8.20. The Labute approximate surface area is 214 Å². The number of aliphatic hydroxyl groups excluding tert-OH is 1. The van der Waals surface area contributed by atoms with Gasteiger partial charge in [-0.3, -0.25) is 4.79 Å². The van der Waals surface area contributed by atoms with Crippen molar-refractivity contribution >= 4 is 38.5 Å². The second-order valence-corrected chi connectivity index (χ2v) is 13.1. The molecule has 1 aliphatic carbocycles. The van der Waals surface area contributed by atoms with Crippen LogP contribution in [0.15, 0.2) is 47.4 Å². The highest BCUT2D eigenvalue weighted by molar-refractivity contribution is 7.99. The Morgan fingerprint density at radius 3 is 2.57 bits per heavy atom. The van der Waals surface area contributed by atoms with E-state index in [0.717, 1.165) is 28.3 Å². The van der Waals surface area contributed by atoms with Gasteiger partial charge in [0.2, 0.25) is 15.9 Å². The average molecular weight is 521 g/mol. The van der Waals surface area contributed by atoms with Crippen molar-refractivity contribution in [2.24, 2.45) is 17.8 Å². The van der Waals surface area contributed by atoms with Crippen LogP contribution in [0.3, 0.4) is 0 Å². The van der Waals surface area contributed by atoms with Gasteiger partial charge in [0.1, 0.15) is 6.04 Å². The minimum atomic E-state index is -3.60. The largest absolute Gasteiger partial charge is 0.391 e. The zero-order valence-corrected chi connectivity index (χ0v) is 22.9. The van der Waals surface area contributed by atoms with Gasteiger partial charge in [0.05, 0.1) is 18.4 Å². The number of aliphatic hydroxyl groups is 1. The summed E-state index contributed by atoms with van der Waals surface area (Å²) in [5.41, 5.74) is 0. The van der Waals surface area contributed by atoms with Gasteiger partial charge in [-0.05, 0) is 53.9 Å². The molecule has 0 saturated heterocycles. The van der Waals surface area contributed by atoms with Crippen molar-refractivity contribution in [3.8, 4) is 0 Å². The summed E-state index contributed by atoms with van der Waals surface area (Å²) in [5, 5.41) is 16.1. The van der Waals surface area contributed by atoms with E-state index < -0.39 is 34.1 Å². The van der Waals surface area contributed by atoms with Gasteiger partial charge in [-0.1, -0.05) is 70.0 Å². The first-order chi connectivity index (χ1) is 16.6. The Bertz CT molecular complexity index is 1090. The van der Waals surface area contributed by atoms with Crippen molar-refractivity contribution in [3.05, 3.63) is 42.5 Å². The van der Waals surface area contributed by atoms with Crippen molar-refractivity contribution in [1.29, 1.82) is 0 Å². The molecule has 35 heavy (non-hydrogen) atoms. The molecule has 2 aromatic rings. The Morgan fingerprint density at radius 2 is 1.86 bits per heavy atom. The predicted octanol–water partition coefficient (Wildman–Crippen LogP) is 4.57. The molecule has 3 N–H and O–H groups in total. The third-order valence-electron chi connectivity index (χ3n) is 7.23. The predicted molar refractivity (Wildman–Crippen MR) is 145 cm³/mol. The summed E-state index contributed by atoms with van der Waals surface area (Å²) in [6.45, 7) is 6.45. The van der Waals surface area contributed by atoms with Crippen LogP contribution < -0.4 is 10.0 Å². The molecule has 0 bridgehead atoms. The van der Waals surface area contributed by atoms with Gasteiger partial charge < -0.3 is 10.4 Å². The lowest BCUT2D eigenvalue weighted by molar-refractivity contribution is -0.124. The second-order valence-electron chi connectivity index (χ2n) is 10.2. The standard InChI is InChI=1S/C27H40N2O4S2/c1-5-23(25(30)16-21-15-18(2)13-14-19(21)3)28-27(31)24(29-35(4,32)33)17-34-26-12-8-10-20-9-6-7-11-22(20)26/h6-12,18-19,21,23-25,29-30H,5,13-17H2,1-4H3,(H,28,31)/t18-,19+,21?,23-,24+,25+/m0/s1. The summed E-state index contributed by atoms with van der Waals surface area (Å²) >= 11 is 1.45. The molecule has 6 atom stereocenters. The molecule has 1 unspecified atom stereocenters. The minimum absolute atomic E-state index is 0.247. The summed E-state index contributed by atoms with van der Waals surface area (Å²) in [4.78, 5) is 14.2. The lowest BCUT2D eigenvalue weighted by Gasteiger charge is -2.36. The van der Waals surface area contributed by atoms with Gasteiger partial charge in [0.25, 0.3) is 0 Å². The van der Waals surface area contributed by atoms with Crippen molar-refractivity contribution in [1.82, 2.24) is 10.0 Å². The van der Waals surface area contributed by atoms with E-state index in [1.165, 1.54) is 24.6 Å². The van der Waals surface area contributed by atoms with Crippen LogP contribution in [0.25, 0.3) is 10.8 Å². The molecule has 8 heteroatoms. The lowest BCUT2D eigenvalue weighted by Crippen LogP contribution is -2.53. The highest BCUT2D eigenvalue weighted by Crippen LogP contribution is 2.36. The van der Waals surface area contributed by atoms with E-state index >= 15 is 0 Å². The van der Waals surface area contributed by atoms with Crippen LogP contribution in [0.2, 0.25) is 0 Å². The summed E-state index contributed by atoms with van der Waals surface area (Å²) in [5.74, 6) is 1.50. The number of hydrogen-bond donors (Lipinski definition) is 3. The number of rotatable bonds is 11. The van der Waals surface area contributed by atoms with E-state index in [1.54, 1.807) is 0 Å². The van der Waals surface area contributed by atoms with Crippen molar-refractivity contribution in [2.45, 2.75) is 76.0 Å². The Hall–Kier alpha value is -1.61. The maximum absolute atomic E-state index is 13.2.